The third-order valence-corrected chi connectivity index (χ3v) is 8.93. The number of hydrogen-bond donors (Lipinski definition) is 0. The van der Waals surface area contributed by atoms with Crippen LogP contribution in [-0.4, -0.2) is 9.55 Å². The van der Waals surface area contributed by atoms with Crippen LogP contribution in [0.1, 0.15) is 12.7 Å². The van der Waals surface area contributed by atoms with Crippen LogP contribution < -0.4 is 4.74 Å². The average Bonchev–Trinajstić information content (AvgIpc) is 3.47. The van der Waals surface area contributed by atoms with E-state index in [0.29, 0.717) is 0 Å². The lowest BCUT2D eigenvalue weighted by Crippen LogP contribution is -2.07. The smallest absolute Gasteiger partial charge is 0.153 e. The Morgan fingerprint density at radius 2 is 1.14 bits per heavy atom. The van der Waals surface area contributed by atoms with Gasteiger partial charge in [0, 0.05) is 6.42 Å². The lowest BCUT2D eigenvalue weighted by Gasteiger charge is -2.22. The van der Waals surface area contributed by atoms with Crippen molar-refractivity contribution in [2.24, 2.45) is 0 Å². The zero-order chi connectivity index (χ0) is 29.2. The van der Waals surface area contributed by atoms with Gasteiger partial charge in [0.05, 0.1) is 11.2 Å². The highest BCUT2D eigenvalue weighted by Crippen LogP contribution is 2.46. The van der Waals surface area contributed by atoms with Crippen LogP contribution in [0.3, 0.4) is 0 Å². The van der Waals surface area contributed by atoms with E-state index in [1.165, 1.54) is 43.8 Å². The standard InChI is InChI=1S/C41H28N2O/c1-2-38-42-34-18-11-19-36-41(34)43(38)35-23-21-29(25-37(35)44-36)28-20-22-32-33(24-28)40(27-14-7-4-8-15-27)31-17-10-9-16-30(31)39(32)26-12-5-3-6-13-26/h3-25H,2H2,1H3. The number of para-hydroxylation sites is 1. The second kappa shape index (κ2) is 9.68. The van der Waals surface area contributed by atoms with E-state index >= 15 is 0 Å². The first-order valence-corrected chi connectivity index (χ1v) is 15.2. The molecule has 0 radical (unpaired) electrons. The molecule has 2 heterocycles. The normalized spacial score (nSPS) is 12.0. The molecule has 8 aromatic rings. The summed E-state index contributed by atoms with van der Waals surface area (Å²) in [5, 5.41) is 5.00. The van der Waals surface area contributed by atoms with Gasteiger partial charge in [-0.25, -0.2) is 4.98 Å². The Kier molecular flexibility index (Phi) is 5.48. The SMILES string of the molecule is CCc1nc2cccc3c2n1-c1ccc(-c2ccc4c(-c5ccccc5)c5ccccc5c(-c5ccccc5)c4c2)cc1O3. The topological polar surface area (TPSA) is 27.1 Å². The first-order chi connectivity index (χ1) is 21.8. The van der Waals surface area contributed by atoms with Crippen LogP contribution in [0.5, 0.6) is 11.5 Å². The van der Waals surface area contributed by atoms with Crippen LogP contribution >= 0.6 is 0 Å². The molecule has 0 unspecified atom stereocenters. The van der Waals surface area contributed by atoms with E-state index in [1.807, 2.05) is 12.1 Å². The summed E-state index contributed by atoms with van der Waals surface area (Å²) >= 11 is 0. The first kappa shape index (κ1) is 24.9. The van der Waals surface area contributed by atoms with Gasteiger partial charge < -0.3 is 4.74 Å². The van der Waals surface area contributed by atoms with Gasteiger partial charge in [0.25, 0.3) is 0 Å². The molecule has 208 valence electrons. The summed E-state index contributed by atoms with van der Waals surface area (Å²) in [6.07, 6.45) is 0.847. The predicted octanol–water partition coefficient (Wildman–Crippen LogP) is 11.0. The molecular weight excluding hydrogens is 536 g/mol. The number of aryl methyl sites for hydroxylation is 1. The molecule has 1 aliphatic rings. The summed E-state index contributed by atoms with van der Waals surface area (Å²) in [5.74, 6) is 2.74. The fraction of sp³-hybridized carbons (Fsp3) is 0.0488. The second-order valence-corrected chi connectivity index (χ2v) is 11.4. The van der Waals surface area contributed by atoms with Crippen molar-refractivity contribution in [1.29, 1.82) is 0 Å². The van der Waals surface area contributed by atoms with Crippen LogP contribution in [0.15, 0.2) is 140 Å². The minimum absolute atomic E-state index is 0.847. The molecule has 0 saturated heterocycles. The van der Waals surface area contributed by atoms with Crippen molar-refractivity contribution in [2.75, 3.05) is 0 Å². The van der Waals surface area contributed by atoms with Gasteiger partial charge >= 0.3 is 0 Å². The molecule has 0 aliphatic carbocycles. The summed E-state index contributed by atoms with van der Waals surface area (Å²) in [7, 11) is 0. The van der Waals surface area contributed by atoms with E-state index < -0.39 is 0 Å². The third kappa shape index (κ3) is 3.66. The maximum atomic E-state index is 6.52. The highest BCUT2D eigenvalue weighted by Gasteiger charge is 2.24. The van der Waals surface area contributed by atoms with Gasteiger partial charge in [-0.2, -0.15) is 0 Å². The number of nitrogens with zero attached hydrogens (tertiary/aromatic N) is 2. The summed E-state index contributed by atoms with van der Waals surface area (Å²) in [5.41, 5.74) is 10.3. The van der Waals surface area contributed by atoms with E-state index in [1.54, 1.807) is 0 Å². The first-order valence-electron chi connectivity index (χ1n) is 15.2. The van der Waals surface area contributed by atoms with Gasteiger partial charge in [-0.15, -0.1) is 0 Å². The average molecular weight is 565 g/mol. The van der Waals surface area contributed by atoms with Crippen LogP contribution in [0.25, 0.3) is 71.6 Å². The van der Waals surface area contributed by atoms with Crippen molar-refractivity contribution >= 4 is 32.6 Å². The fourth-order valence-corrected chi connectivity index (χ4v) is 6.99. The lowest BCUT2D eigenvalue weighted by molar-refractivity contribution is 0.474. The zero-order valence-electron chi connectivity index (χ0n) is 24.3. The Labute approximate surface area is 255 Å². The number of benzene rings is 7. The molecule has 0 spiro atoms. The van der Waals surface area contributed by atoms with Crippen molar-refractivity contribution in [3.8, 4) is 50.6 Å². The molecule has 0 N–H and O–H groups in total. The molecule has 0 saturated carbocycles. The molecule has 1 aromatic heterocycles. The summed E-state index contributed by atoms with van der Waals surface area (Å²) in [6.45, 7) is 2.15. The number of fused-ring (bicyclic) bond motifs is 4. The number of aromatic nitrogens is 2. The molecular formula is C41H28N2O. The molecule has 7 aromatic carbocycles. The lowest BCUT2D eigenvalue weighted by atomic mass is 9.85. The molecule has 3 heteroatoms. The van der Waals surface area contributed by atoms with Crippen molar-refractivity contribution in [3.05, 3.63) is 145 Å². The quantitative estimate of drug-likeness (QED) is 0.199. The predicted molar refractivity (Wildman–Crippen MR) is 182 cm³/mol. The number of rotatable bonds is 4. The summed E-state index contributed by atoms with van der Waals surface area (Å²) in [6, 6.07) is 50.0. The molecule has 3 nitrogen and oxygen atoms in total. The number of ether oxygens (including phenoxy) is 1. The number of hydrogen-bond acceptors (Lipinski definition) is 2. The van der Waals surface area contributed by atoms with Crippen LogP contribution in [0.4, 0.5) is 0 Å². The number of imidazole rings is 1. The Balaban J connectivity index is 1.30. The van der Waals surface area contributed by atoms with Crippen LogP contribution in [-0.2, 0) is 6.42 Å². The van der Waals surface area contributed by atoms with Gasteiger partial charge in [-0.1, -0.05) is 116 Å². The summed E-state index contributed by atoms with van der Waals surface area (Å²) in [4.78, 5) is 4.90. The molecule has 0 fully saturated rings. The Morgan fingerprint density at radius 3 is 1.84 bits per heavy atom. The summed E-state index contributed by atoms with van der Waals surface area (Å²) < 4.78 is 8.79. The van der Waals surface area contributed by atoms with Gasteiger partial charge in [-0.3, -0.25) is 4.57 Å². The van der Waals surface area contributed by atoms with Crippen molar-refractivity contribution in [1.82, 2.24) is 9.55 Å². The zero-order valence-corrected chi connectivity index (χ0v) is 24.3. The van der Waals surface area contributed by atoms with Gasteiger partial charge in [0.2, 0.25) is 0 Å². The van der Waals surface area contributed by atoms with E-state index in [9.17, 15) is 0 Å². The van der Waals surface area contributed by atoms with Gasteiger partial charge in [-0.05, 0) is 85.3 Å². The van der Waals surface area contributed by atoms with E-state index in [0.717, 1.165) is 51.6 Å². The Morgan fingerprint density at radius 1 is 0.523 bits per heavy atom. The van der Waals surface area contributed by atoms with Crippen LogP contribution in [0, 0.1) is 0 Å². The van der Waals surface area contributed by atoms with Gasteiger partial charge in [0.15, 0.2) is 11.5 Å². The fourth-order valence-electron chi connectivity index (χ4n) is 6.99. The van der Waals surface area contributed by atoms with Crippen molar-refractivity contribution in [2.45, 2.75) is 13.3 Å². The highest BCUT2D eigenvalue weighted by atomic mass is 16.5. The molecule has 0 bridgehead atoms. The maximum Gasteiger partial charge on any atom is 0.153 e. The molecule has 0 amide bonds. The Bertz CT molecular complexity index is 2390. The molecule has 1 aliphatic heterocycles. The highest BCUT2D eigenvalue weighted by molar-refractivity contribution is 6.22. The third-order valence-electron chi connectivity index (χ3n) is 8.93. The van der Waals surface area contributed by atoms with Crippen LogP contribution in [0.2, 0.25) is 0 Å². The minimum Gasteiger partial charge on any atom is -0.453 e. The van der Waals surface area contributed by atoms with E-state index in [-0.39, 0.29) is 0 Å². The van der Waals surface area contributed by atoms with Crippen molar-refractivity contribution < 1.29 is 4.74 Å². The second-order valence-electron chi connectivity index (χ2n) is 11.4. The molecule has 9 rings (SSSR count). The minimum atomic E-state index is 0.847. The Hall–Kier alpha value is -5.67. The van der Waals surface area contributed by atoms with E-state index in [4.69, 9.17) is 9.72 Å². The monoisotopic (exact) mass is 564 g/mol. The maximum absolute atomic E-state index is 6.52. The van der Waals surface area contributed by atoms with Gasteiger partial charge in [0.1, 0.15) is 11.3 Å². The largest absolute Gasteiger partial charge is 0.453 e. The van der Waals surface area contributed by atoms with Crippen molar-refractivity contribution in [3.63, 3.8) is 0 Å². The van der Waals surface area contributed by atoms with E-state index in [2.05, 4.69) is 139 Å². The molecule has 0 atom stereocenters. The molecule has 44 heavy (non-hydrogen) atoms.